The Kier molecular flexibility index (Phi) is 3.22. The first-order valence-electron chi connectivity index (χ1n) is 5.05. The van der Waals surface area contributed by atoms with Crippen LogP contribution in [0.3, 0.4) is 0 Å². The van der Waals surface area contributed by atoms with Crippen molar-refractivity contribution in [2.45, 2.75) is 6.54 Å². The van der Waals surface area contributed by atoms with Crippen LogP contribution in [0, 0.1) is 12.3 Å². The molecule has 0 spiro atoms. The molecule has 0 aliphatic rings. The molecule has 1 aromatic heterocycles. The lowest BCUT2D eigenvalue weighted by atomic mass is 10.1. The van der Waals surface area contributed by atoms with Gasteiger partial charge in [-0.1, -0.05) is 35.5 Å². The maximum atomic E-state index is 10.9. The molecule has 0 bridgehead atoms. The van der Waals surface area contributed by atoms with Crippen molar-refractivity contribution in [1.82, 2.24) is 10.5 Å². The Labute approximate surface area is 98.6 Å². The molecule has 0 saturated carbocycles. The first kappa shape index (κ1) is 11.0. The van der Waals surface area contributed by atoms with Crippen LogP contribution in [0.5, 0.6) is 0 Å². The average molecular weight is 226 g/mol. The van der Waals surface area contributed by atoms with Gasteiger partial charge in [0.05, 0.1) is 6.54 Å². The van der Waals surface area contributed by atoms with E-state index in [1.807, 2.05) is 36.3 Å². The molecule has 2 aromatic rings. The van der Waals surface area contributed by atoms with Crippen LogP contribution in [0.1, 0.15) is 5.76 Å². The van der Waals surface area contributed by atoms with Crippen molar-refractivity contribution < 1.29 is 9.32 Å². The van der Waals surface area contributed by atoms with Crippen molar-refractivity contribution >= 4 is 5.91 Å². The summed E-state index contributed by atoms with van der Waals surface area (Å²) < 4.78 is 5.08. The van der Waals surface area contributed by atoms with Crippen LogP contribution in [-0.4, -0.2) is 11.1 Å². The van der Waals surface area contributed by atoms with Crippen molar-refractivity contribution in [1.29, 1.82) is 0 Å². The van der Waals surface area contributed by atoms with Crippen LogP contribution in [0.4, 0.5) is 0 Å². The summed E-state index contributed by atoms with van der Waals surface area (Å²) in [6.07, 6.45) is 4.92. The van der Waals surface area contributed by atoms with Gasteiger partial charge >= 0.3 is 0 Å². The SMILES string of the molecule is C#CC(=O)NCc1cc(-c2ccccc2)no1. The van der Waals surface area contributed by atoms with E-state index >= 15 is 0 Å². The zero-order valence-corrected chi connectivity index (χ0v) is 9.01. The van der Waals surface area contributed by atoms with Gasteiger partial charge in [0, 0.05) is 11.6 Å². The lowest BCUT2D eigenvalue weighted by molar-refractivity contribution is -0.115. The summed E-state index contributed by atoms with van der Waals surface area (Å²) in [7, 11) is 0. The fraction of sp³-hybridized carbons (Fsp3) is 0.0769. The molecule has 0 aliphatic carbocycles. The summed E-state index contributed by atoms with van der Waals surface area (Å²) in [6, 6.07) is 11.4. The number of hydrogen-bond donors (Lipinski definition) is 1. The third-order valence-corrected chi connectivity index (χ3v) is 2.18. The van der Waals surface area contributed by atoms with Gasteiger partial charge in [0.2, 0.25) is 0 Å². The minimum atomic E-state index is -0.470. The van der Waals surface area contributed by atoms with E-state index in [4.69, 9.17) is 10.9 Å². The number of carbonyl (C=O) groups is 1. The number of nitrogens with zero attached hydrogens (tertiary/aromatic N) is 1. The molecule has 0 fully saturated rings. The molecule has 2 rings (SSSR count). The highest BCUT2D eigenvalue weighted by Gasteiger charge is 2.06. The number of carbonyl (C=O) groups excluding carboxylic acids is 1. The molecule has 0 atom stereocenters. The molecule has 1 aromatic carbocycles. The number of terminal acetylenes is 1. The zero-order valence-electron chi connectivity index (χ0n) is 9.01. The summed E-state index contributed by atoms with van der Waals surface area (Å²) >= 11 is 0. The standard InChI is InChI=1S/C13H10N2O2/c1-2-13(16)14-9-11-8-12(15-17-11)10-6-4-3-5-7-10/h1,3-8H,9H2,(H,14,16). The van der Waals surface area contributed by atoms with Gasteiger partial charge in [0.25, 0.3) is 5.91 Å². The molecule has 4 heteroatoms. The third-order valence-electron chi connectivity index (χ3n) is 2.18. The van der Waals surface area contributed by atoms with Gasteiger partial charge in [0.1, 0.15) is 5.69 Å². The molecule has 0 radical (unpaired) electrons. The Morgan fingerprint density at radius 3 is 2.88 bits per heavy atom. The van der Waals surface area contributed by atoms with E-state index in [9.17, 15) is 4.79 Å². The maximum absolute atomic E-state index is 10.9. The number of hydrogen-bond acceptors (Lipinski definition) is 3. The molecule has 0 unspecified atom stereocenters. The van der Waals surface area contributed by atoms with Crippen LogP contribution >= 0.6 is 0 Å². The van der Waals surface area contributed by atoms with Crippen molar-refractivity contribution in [3.05, 3.63) is 42.2 Å². The number of amides is 1. The van der Waals surface area contributed by atoms with Gasteiger partial charge in [-0.3, -0.25) is 4.79 Å². The minimum Gasteiger partial charge on any atom is -0.359 e. The van der Waals surface area contributed by atoms with E-state index in [0.717, 1.165) is 11.3 Å². The van der Waals surface area contributed by atoms with E-state index in [2.05, 4.69) is 10.5 Å². The Morgan fingerprint density at radius 1 is 1.41 bits per heavy atom. The van der Waals surface area contributed by atoms with Crippen LogP contribution in [0.15, 0.2) is 40.9 Å². The predicted molar refractivity (Wildman–Crippen MR) is 62.6 cm³/mol. The summed E-state index contributed by atoms with van der Waals surface area (Å²) in [5, 5.41) is 6.42. The Hall–Kier alpha value is -2.54. The summed E-state index contributed by atoms with van der Waals surface area (Å²) in [5.74, 6) is 2.05. The highest BCUT2D eigenvalue weighted by atomic mass is 16.5. The first-order chi connectivity index (χ1) is 8.29. The monoisotopic (exact) mass is 226 g/mol. The van der Waals surface area contributed by atoms with E-state index < -0.39 is 5.91 Å². The maximum Gasteiger partial charge on any atom is 0.296 e. The average Bonchev–Trinajstić information content (AvgIpc) is 2.86. The number of benzene rings is 1. The van der Waals surface area contributed by atoms with Crippen molar-refractivity contribution in [2.24, 2.45) is 0 Å². The minimum absolute atomic E-state index is 0.239. The topological polar surface area (TPSA) is 55.1 Å². The van der Waals surface area contributed by atoms with Crippen LogP contribution in [0.2, 0.25) is 0 Å². The highest BCUT2D eigenvalue weighted by Crippen LogP contribution is 2.18. The van der Waals surface area contributed by atoms with Crippen LogP contribution < -0.4 is 5.32 Å². The number of rotatable bonds is 3. The fourth-order valence-electron chi connectivity index (χ4n) is 1.36. The molecule has 4 nitrogen and oxygen atoms in total. The molecule has 1 heterocycles. The van der Waals surface area contributed by atoms with Crippen LogP contribution in [-0.2, 0) is 11.3 Å². The normalized spacial score (nSPS) is 9.59. The van der Waals surface area contributed by atoms with Gasteiger partial charge < -0.3 is 9.84 Å². The molecule has 84 valence electrons. The highest BCUT2D eigenvalue weighted by molar-refractivity contribution is 5.92. The van der Waals surface area contributed by atoms with Gasteiger partial charge in [-0.05, 0) is 5.92 Å². The lowest BCUT2D eigenvalue weighted by Crippen LogP contribution is -2.20. The number of aromatic nitrogens is 1. The second-order valence-corrected chi connectivity index (χ2v) is 3.37. The number of nitrogens with one attached hydrogen (secondary N) is 1. The van der Waals surface area contributed by atoms with Gasteiger partial charge in [-0.15, -0.1) is 6.42 Å². The molecule has 17 heavy (non-hydrogen) atoms. The Morgan fingerprint density at radius 2 is 2.18 bits per heavy atom. The van der Waals surface area contributed by atoms with Crippen LogP contribution in [0.25, 0.3) is 11.3 Å². The smallest absolute Gasteiger partial charge is 0.296 e. The first-order valence-corrected chi connectivity index (χ1v) is 5.05. The fourth-order valence-corrected chi connectivity index (χ4v) is 1.36. The largest absolute Gasteiger partial charge is 0.359 e. The van der Waals surface area contributed by atoms with Crippen molar-refractivity contribution in [3.63, 3.8) is 0 Å². The molecular weight excluding hydrogens is 216 g/mol. The van der Waals surface area contributed by atoms with Gasteiger partial charge in [-0.25, -0.2) is 0 Å². The Bertz CT molecular complexity index is 552. The van der Waals surface area contributed by atoms with Crippen molar-refractivity contribution in [3.8, 4) is 23.6 Å². The third kappa shape index (κ3) is 2.73. The van der Waals surface area contributed by atoms with E-state index in [0.29, 0.717) is 5.76 Å². The lowest BCUT2D eigenvalue weighted by Gasteiger charge is -1.94. The van der Waals surface area contributed by atoms with Crippen molar-refractivity contribution in [2.75, 3.05) is 0 Å². The summed E-state index contributed by atoms with van der Waals surface area (Å²) in [4.78, 5) is 10.9. The van der Waals surface area contributed by atoms with E-state index in [1.54, 1.807) is 6.07 Å². The summed E-state index contributed by atoms with van der Waals surface area (Å²) in [6.45, 7) is 0.239. The molecule has 1 amide bonds. The van der Waals surface area contributed by atoms with Gasteiger partial charge in [-0.2, -0.15) is 0 Å². The predicted octanol–water partition coefficient (Wildman–Crippen LogP) is 1.59. The second kappa shape index (κ2) is 4.99. The quantitative estimate of drug-likeness (QED) is 0.808. The summed E-state index contributed by atoms with van der Waals surface area (Å²) in [5.41, 5.74) is 1.70. The Balaban J connectivity index is 2.07. The molecule has 0 saturated heterocycles. The molecule has 1 N–H and O–H groups in total. The molecular formula is C13H10N2O2. The second-order valence-electron chi connectivity index (χ2n) is 3.37. The van der Waals surface area contributed by atoms with E-state index in [1.165, 1.54) is 0 Å². The van der Waals surface area contributed by atoms with E-state index in [-0.39, 0.29) is 6.54 Å². The zero-order chi connectivity index (χ0) is 12.1. The molecule has 0 aliphatic heterocycles. The van der Waals surface area contributed by atoms with Gasteiger partial charge in [0.15, 0.2) is 5.76 Å².